The third-order valence-electron chi connectivity index (χ3n) is 6.74. The van der Waals surface area contributed by atoms with Crippen molar-refractivity contribution >= 4 is 55.1 Å². The van der Waals surface area contributed by atoms with Crippen LogP contribution in [-0.4, -0.2) is 43.8 Å². The molecule has 3 aromatic rings. The number of hydrogen-bond acceptors (Lipinski definition) is 4. The number of benzene rings is 3. The Morgan fingerprint density at radius 1 is 1.00 bits per heavy atom. The van der Waals surface area contributed by atoms with Crippen LogP contribution in [0.4, 0.5) is 5.69 Å². The molecule has 2 atom stereocenters. The molecule has 0 aliphatic carbocycles. The van der Waals surface area contributed by atoms with Crippen LogP contribution < -0.4 is 9.62 Å². The van der Waals surface area contributed by atoms with Crippen molar-refractivity contribution in [3.8, 4) is 0 Å². The number of aryl methyl sites for hydroxylation is 2. The molecule has 0 bridgehead atoms. The van der Waals surface area contributed by atoms with E-state index in [0.29, 0.717) is 16.3 Å². The molecule has 10 heteroatoms. The lowest BCUT2D eigenvalue weighted by Gasteiger charge is -2.33. The molecule has 3 rings (SSSR count). The van der Waals surface area contributed by atoms with Crippen molar-refractivity contribution in [2.24, 2.45) is 0 Å². The normalized spacial score (nSPS) is 12.9. The summed E-state index contributed by atoms with van der Waals surface area (Å²) in [4.78, 5) is 28.7. The molecule has 40 heavy (non-hydrogen) atoms. The number of amides is 2. The fourth-order valence-corrected chi connectivity index (χ4v) is 6.17. The molecule has 0 saturated heterocycles. The van der Waals surface area contributed by atoms with Crippen LogP contribution >= 0.6 is 27.5 Å². The summed E-state index contributed by atoms with van der Waals surface area (Å²) in [5.41, 5.74) is 2.62. The van der Waals surface area contributed by atoms with E-state index in [4.69, 9.17) is 11.6 Å². The van der Waals surface area contributed by atoms with Crippen LogP contribution in [0.5, 0.6) is 0 Å². The van der Waals surface area contributed by atoms with Gasteiger partial charge in [0.05, 0.1) is 10.6 Å². The highest BCUT2D eigenvalue weighted by Crippen LogP contribution is 2.30. The molecule has 0 aliphatic rings. The molecule has 0 fully saturated rings. The molecule has 3 aromatic carbocycles. The van der Waals surface area contributed by atoms with Crippen LogP contribution in [0.2, 0.25) is 5.02 Å². The van der Waals surface area contributed by atoms with Crippen molar-refractivity contribution in [1.82, 2.24) is 10.2 Å². The van der Waals surface area contributed by atoms with E-state index >= 15 is 0 Å². The minimum absolute atomic E-state index is 0.0476. The van der Waals surface area contributed by atoms with Crippen LogP contribution in [0, 0.1) is 13.8 Å². The summed E-state index contributed by atoms with van der Waals surface area (Å²) >= 11 is 9.74. The van der Waals surface area contributed by atoms with Gasteiger partial charge in [-0.1, -0.05) is 70.3 Å². The Balaban J connectivity index is 2.07. The summed E-state index contributed by atoms with van der Waals surface area (Å²) in [6.07, 6.45) is 0.731. The zero-order valence-electron chi connectivity index (χ0n) is 23.3. The van der Waals surface area contributed by atoms with E-state index in [2.05, 4.69) is 21.2 Å². The van der Waals surface area contributed by atoms with Crippen molar-refractivity contribution in [3.05, 3.63) is 92.9 Å². The number of carbonyl (C=O) groups excluding carboxylic acids is 2. The number of anilines is 1. The smallest absolute Gasteiger partial charge is 0.264 e. The molecule has 0 radical (unpaired) electrons. The molecule has 0 unspecified atom stereocenters. The van der Waals surface area contributed by atoms with E-state index in [-0.39, 0.29) is 23.4 Å². The summed E-state index contributed by atoms with van der Waals surface area (Å²) in [5.74, 6) is -0.841. The fraction of sp³-hybridized carbons (Fsp3) is 0.333. The van der Waals surface area contributed by atoms with Gasteiger partial charge < -0.3 is 10.2 Å². The third kappa shape index (κ3) is 7.86. The predicted molar refractivity (Wildman–Crippen MR) is 164 cm³/mol. The average Bonchev–Trinajstić information content (AvgIpc) is 2.91. The number of nitrogens with one attached hydrogen (secondary N) is 1. The second-order valence-corrected chi connectivity index (χ2v) is 13.1. The summed E-state index contributed by atoms with van der Waals surface area (Å²) in [6.45, 7) is 8.72. The van der Waals surface area contributed by atoms with E-state index in [9.17, 15) is 18.0 Å². The Morgan fingerprint density at radius 3 is 2.30 bits per heavy atom. The zero-order chi connectivity index (χ0) is 29.6. The summed E-state index contributed by atoms with van der Waals surface area (Å²) in [6, 6.07) is 17.9. The van der Waals surface area contributed by atoms with E-state index < -0.39 is 28.5 Å². The maximum Gasteiger partial charge on any atom is 0.264 e. The number of sulfonamides is 1. The van der Waals surface area contributed by atoms with Crippen LogP contribution in [0.1, 0.15) is 43.9 Å². The Labute approximate surface area is 250 Å². The van der Waals surface area contributed by atoms with Crippen molar-refractivity contribution in [2.45, 2.75) is 64.6 Å². The van der Waals surface area contributed by atoms with E-state index in [0.717, 1.165) is 26.3 Å². The molecule has 0 aromatic heterocycles. The topological polar surface area (TPSA) is 86.8 Å². The highest BCUT2D eigenvalue weighted by molar-refractivity contribution is 9.10. The minimum Gasteiger partial charge on any atom is -0.352 e. The molecule has 7 nitrogen and oxygen atoms in total. The van der Waals surface area contributed by atoms with Crippen molar-refractivity contribution in [1.29, 1.82) is 0 Å². The van der Waals surface area contributed by atoms with Crippen molar-refractivity contribution < 1.29 is 18.0 Å². The standard InChI is InChI=1S/C30H35BrClN3O4S/c1-6-22(4)33-30(37)23(5)34(18-24-8-7-9-25(31)16-24)29(36)19-35(28-17-26(32)13-12-21(28)3)40(38,39)27-14-10-20(2)11-15-27/h7-17,22-23H,6,18-19H2,1-5H3,(H,33,37)/t22-,23-/m1/s1. The van der Waals surface area contributed by atoms with Crippen molar-refractivity contribution in [3.63, 3.8) is 0 Å². The molecular formula is C30H35BrClN3O4S. The fourth-order valence-electron chi connectivity index (χ4n) is 4.08. The average molecular weight is 649 g/mol. The SMILES string of the molecule is CC[C@@H](C)NC(=O)[C@@H](C)N(Cc1cccc(Br)c1)C(=O)CN(c1cc(Cl)ccc1C)S(=O)(=O)c1ccc(C)cc1. The molecule has 0 spiro atoms. The second kappa shape index (κ2) is 13.7. The molecule has 1 N–H and O–H groups in total. The Morgan fingerprint density at radius 2 is 1.68 bits per heavy atom. The summed E-state index contributed by atoms with van der Waals surface area (Å²) in [5, 5.41) is 3.27. The second-order valence-electron chi connectivity index (χ2n) is 9.90. The number of rotatable bonds is 11. The predicted octanol–water partition coefficient (Wildman–Crippen LogP) is 6.25. The van der Waals surface area contributed by atoms with Gasteiger partial charge in [-0.15, -0.1) is 0 Å². The maximum absolute atomic E-state index is 14.0. The van der Waals surface area contributed by atoms with E-state index in [1.165, 1.54) is 23.1 Å². The largest absolute Gasteiger partial charge is 0.352 e. The highest BCUT2D eigenvalue weighted by Gasteiger charge is 2.33. The van der Waals surface area contributed by atoms with Gasteiger partial charge in [0.25, 0.3) is 10.0 Å². The molecule has 0 saturated carbocycles. The van der Waals surface area contributed by atoms with E-state index in [1.54, 1.807) is 38.1 Å². The molecule has 2 amide bonds. The first kappa shape index (κ1) is 31.6. The molecular weight excluding hydrogens is 614 g/mol. The Bertz CT molecular complexity index is 1460. The third-order valence-corrected chi connectivity index (χ3v) is 9.24. The minimum atomic E-state index is -4.17. The van der Waals surface area contributed by atoms with Gasteiger partial charge in [-0.05, 0) is 81.6 Å². The first-order chi connectivity index (χ1) is 18.8. The Kier molecular flexibility index (Phi) is 10.8. The summed E-state index contributed by atoms with van der Waals surface area (Å²) in [7, 11) is -4.17. The monoisotopic (exact) mass is 647 g/mol. The van der Waals surface area contributed by atoms with E-state index in [1.807, 2.05) is 45.0 Å². The quantitative estimate of drug-likeness (QED) is 0.267. The zero-order valence-corrected chi connectivity index (χ0v) is 26.5. The highest BCUT2D eigenvalue weighted by atomic mass is 79.9. The molecule has 0 aliphatic heterocycles. The van der Waals surface area contributed by atoms with Crippen LogP contribution in [0.3, 0.4) is 0 Å². The first-order valence-corrected chi connectivity index (χ1v) is 15.6. The van der Waals surface area contributed by atoms with Gasteiger partial charge in [-0.25, -0.2) is 8.42 Å². The van der Waals surface area contributed by atoms with Crippen LogP contribution in [0.25, 0.3) is 0 Å². The van der Waals surface area contributed by atoms with Gasteiger partial charge in [-0.2, -0.15) is 0 Å². The van der Waals surface area contributed by atoms with Gasteiger partial charge in [0.2, 0.25) is 11.8 Å². The number of halogens is 2. The maximum atomic E-state index is 14.0. The van der Waals surface area contributed by atoms with Gasteiger partial charge in [0.15, 0.2) is 0 Å². The molecule has 0 heterocycles. The van der Waals surface area contributed by atoms with Crippen molar-refractivity contribution in [2.75, 3.05) is 10.8 Å². The van der Waals surface area contributed by atoms with Gasteiger partial charge >= 0.3 is 0 Å². The number of carbonyl (C=O) groups is 2. The van der Waals surface area contributed by atoms with Crippen LogP contribution in [-0.2, 0) is 26.2 Å². The lowest BCUT2D eigenvalue weighted by atomic mass is 10.1. The van der Waals surface area contributed by atoms with Gasteiger partial charge in [0, 0.05) is 22.1 Å². The number of hydrogen-bond donors (Lipinski definition) is 1. The first-order valence-electron chi connectivity index (χ1n) is 13.0. The Hall–Kier alpha value is -2.88. The van der Waals surface area contributed by atoms with Gasteiger partial charge in [0.1, 0.15) is 12.6 Å². The van der Waals surface area contributed by atoms with Crippen LogP contribution in [0.15, 0.2) is 76.1 Å². The molecule has 214 valence electrons. The summed E-state index contributed by atoms with van der Waals surface area (Å²) < 4.78 is 29.9. The lowest BCUT2D eigenvalue weighted by molar-refractivity contribution is -0.139. The lowest BCUT2D eigenvalue weighted by Crippen LogP contribution is -2.52. The van der Waals surface area contributed by atoms with Gasteiger partial charge in [-0.3, -0.25) is 13.9 Å². The number of nitrogens with zero attached hydrogens (tertiary/aromatic N) is 2.